The van der Waals surface area contributed by atoms with Crippen molar-refractivity contribution < 1.29 is 8.83 Å². The lowest BCUT2D eigenvalue weighted by atomic mass is 9.91. The summed E-state index contributed by atoms with van der Waals surface area (Å²) in [6.45, 7) is 2.14. The van der Waals surface area contributed by atoms with Gasteiger partial charge in [-0.05, 0) is 82.2 Å². The Labute approximate surface area is 200 Å². The molecule has 0 radical (unpaired) electrons. The molecule has 3 heterocycles. The van der Waals surface area contributed by atoms with Crippen molar-refractivity contribution >= 4 is 65.4 Å². The zero-order valence-corrected chi connectivity index (χ0v) is 19.0. The molecule has 3 heteroatoms. The van der Waals surface area contributed by atoms with Crippen LogP contribution in [0.5, 0.6) is 0 Å². The highest BCUT2D eigenvalue weighted by molar-refractivity contribution is 6.20. The van der Waals surface area contributed by atoms with Crippen LogP contribution in [-0.4, -0.2) is 4.98 Å². The normalized spacial score (nSPS) is 12.1. The molecule has 8 rings (SSSR count). The van der Waals surface area contributed by atoms with Crippen LogP contribution >= 0.6 is 0 Å². The number of para-hydroxylation sites is 2. The monoisotopic (exact) mass is 449 g/mol. The third-order valence-corrected chi connectivity index (χ3v) is 7.23. The summed E-state index contributed by atoms with van der Waals surface area (Å²) in [5.74, 6) is 0. The predicted octanol–water partition coefficient (Wildman–Crippen LogP) is 9.16. The van der Waals surface area contributed by atoms with Crippen molar-refractivity contribution in [2.75, 3.05) is 0 Å². The first-order valence-corrected chi connectivity index (χ1v) is 11.8. The third-order valence-electron chi connectivity index (χ3n) is 7.23. The van der Waals surface area contributed by atoms with Crippen LogP contribution in [0.25, 0.3) is 76.5 Å². The molecule has 0 aliphatic rings. The lowest BCUT2D eigenvalue weighted by Crippen LogP contribution is -1.89. The fraction of sp³-hybridized carbons (Fsp3) is 0.0312. The largest absolute Gasteiger partial charge is 0.456 e. The van der Waals surface area contributed by atoms with Crippen LogP contribution in [0.4, 0.5) is 0 Å². The fourth-order valence-corrected chi connectivity index (χ4v) is 5.62. The quantitative estimate of drug-likeness (QED) is 0.235. The van der Waals surface area contributed by atoms with Crippen molar-refractivity contribution in [2.24, 2.45) is 0 Å². The number of nitrogens with zero attached hydrogens (tertiary/aromatic N) is 1. The van der Waals surface area contributed by atoms with Gasteiger partial charge in [-0.3, -0.25) is 4.98 Å². The molecule has 164 valence electrons. The lowest BCUT2D eigenvalue weighted by molar-refractivity contribution is 0.669. The molecular formula is C32H19NO2. The Morgan fingerprint density at radius 2 is 1.23 bits per heavy atom. The summed E-state index contributed by atoms with van der Waals surface area (Å²) in [4.78, 5) is 4.57. The summed E-state index contributed by atoms with van der Waals surface area (Å²) in [6.07, 6.45) is 3.95. The van der Waals surface area contributed by atoms with Crippen LogP contribution in [0, 0.1) is 6.92 Å². The summed E-state index contributed by atoms with van der Waals surface area (Å²) in [7, 11) is 0. The second-order valence-corrected chi connectivity index (χ2v) is 9.28. The molecule has 0 N–H and O–H groups in total. The number of furan rings is 2. The molecule has 0 saturated carbocycles. The highest BCUT2D eigenvalue weighted by Crippen LogP contribution is 2.41. The number of aryl methyl sites for hydroxylation is 1. The van der Waals surface area contributed by atoms with Gasteiger partial charge in [-0.2, -0.15) is 0 Å². The van der Waals surface area contributed by atoms with Crippen LogP contribution < -0.4 is 0 Å². The number of hydrogen-bond acceptors (Lipinski definition) is 3. The molecule has 5 aromatic carbocycles. The van der Waals surface area contributed by atoms with E-state index < -0.39 is 0 Å². The fourth-order valence-electron chi connectivity index (χ4n) is 5.62. The van der Waals surface area contributed by atoms with E-state index in [1.807, 2.05) is 36.7 Å². The molecule has 8 aromatic rings. The van der Waals surface area contributed by atoms with Gasteiger partial charge in [-0.1, -0.05) is 42.5 Å². The van der Waals surface area contributed by atoms with E-state index in [4.69, 9.17) is 8.83 Å². The van der Waals surface area contributed by atoms with E-state index in [2.05, 4.69) is 72.6 Å². The van der Waals surface area contributed by atoms with E-state index in [0.717, 1.165) is 71.3 Å². The minimum atomic E-state index is 0.901. The highest BCUT2D eigenvalue weighted by Gasteiger charge is 2.16. The maximum Gasteiger partial charge on any atom is 0.136 e. The van der Waals surface area contributed by atoms with Gasteiger partial charge >= 0.3 is 0 Å². The van der Waals surface area contributed by atoms with Gasteiger partial charge in [-0.25, -0.2) is 0 Å². The first-order chi connectivity index (χ1) is 17.2. The number of rotatable bonds is 1. The van der Waals surface area contributed by atoms with Crippen LogP contribution in [0.3, 0.4) is 0 Å². The topological polar surface area (TPSA) is 39.2 Å². The molecule has 0 spiro atoms. The van der Waals surface area contributed by atoms with Crippen LogP contribution in [-0.2, 0) is 0 Å². The molecule has 0 amide bonds. The van der Waals surface area contributed by atoms with Crippen LogP contribution in [0.2, 0.25) is 0 Å². The minimum Gasteiger partial charge on any atom is -0.456 e. The van der Waals surface area contributed by atoms with Crippen molar-refractivity contribution in [1.29, 1.82) is 0 Å². The van der Waals surface area contributed by atoms with Crippen molar-refractivity contribution in [2.45, 2.75) is 6.92 Å². The molecular weight excluding hydrogens is 430 g/mol. The smallest absolute Gasteiger partial charge is 0.136 e. The summed E-state index contributed by atoms with van der Waals surface area (Å²) in [5.41, 5.74) is 7.10. The summed E-state index contributed by atoms with van der Waals surface area (Å²) >= 11 is 0. The second-order valence-electron chi connectivity index (χ2n) is 9.28. The van der Waals surface area contributed by atoms with Crippen LogP contribution in [0.1, 0.15) is 5.56 Å². The molecule has 3 aromatic heterocycles. The van der Waals surface area contributed by atoms with E-state index >= 15 is 0 Å². The lowest BCUT2D eigenvalue weighted by Gasteiger charge is -2.13. The summed E-state index contributed by atoms with van der Waals surface area (Å²) in [5, 5.41) is 9.30. The van der Waals surface area contributed by atoms with Gasteiger partial charge in [0.05, 0.1) is 0 Å². The zero-order chi connectivity index (χ0) is 23.1. The average Bonchev–Trinajstić information content (AvgIpc) is 3.44. The van der Waals surface area contributed by atoms with Gasteiger partial charge in [0.15, 0.2) is 0 Å². The van der Waals surface area contributed by atoms with Gasteiger partial charge in [-0.15, -0.1) is 0 Å². The van der Waals surface area contributed by atoms with Gasteiger partial charge in [0.2, 0.25) is 0 Å². The Morgan fingerprint density at radius 3 is 2.03 bits per heavy atom. The van der Waals surface area contributed by atoms with Crippen LogP contribution in [0.15, 0.2) is 106 Å². The number of aromatic nitrogens is 1. The molecule has 0 saturated heterocycles. The van der Waals surface area contributed by atoms with E-state index in [1.165, 1.54) is 10.8 Å². The summed E-state index contributed by atoms with van der Waals surface area (Å²) in [6, 6.07) is 29.6. The average molecular weight is 450 g/mol. The predicted molar refractivity (Wildman–Crippen MR) is 144 cm³/mol. The molecule has 0 aliphatic carbocycles. The number of pyridine rings is 1. The number of benzene rings is 5. The Kier molecular flexibility index (Phi) is 3.59. The molecule has 0 fully saturated rings. The minimum absolute atomic E-state index is 0.901. The van der Waals surface area contributed by atoms with E-state index in [1.54, 1.807) is 0 Å². The molecule has 0 unspecified atom stereocenters. The number of hydrogen-bond donors (Lipinski definition) is 0. The first-order valence-electron chi connectivity index (χ1n) is 11.8. The standard InChI is InChI=1S/C32H19NO2/c1-18-16-33-17-27-23(19-10-11-30-25(12-19)21-6-2-4-8-28(21)34-30)13-20-14-31-26(15-24(20)32(18)27)22-7-3-5-9-29(22)35-31/h2-17H,1H3. The maximum atomic E-state index is 6.22. The highest BCUT2D eigenvalue weighted by atomic mass is 16.3. The molecule has 3 nitrogen and oxygen atoms in total. The van der Waals surface area contributed by atoms with Crippen molar-refractivity contribution in [3.8, 4) is 11.1 Å². The number of fused-ring (bicyclic) bond motifs is 9. The van der Waals surface area contributed by atoms with Gasteiger partial charge < -0.3 is 8.83 Å². The Bertz CT molecular complexity index is 2130. The van der Waals surface area contributed by atoms with E-state index in [0.29, 0.717) is 0 Å². The Hall–Kier alpha value is -4.63. The third kappa shape index (κ3) is 2.58. The Morgan fingerprint density at radius 1 is 0.543 bits per heavy atom. The van der Waals surface area contributed by atoms with Gasteiger partial charge in [0.1, 0.15) is 22.3 Å². The molecule has 0 atom stereocenters. The van der Waals surface area contributed by atoms with Gasteiger partial charge in [0, 0.05) is 39.3 Å². The zero-order valence-electron chi connectivity index (χ0n) is 19.0. The first kappa shape index (κ1) is 18.8. The van der Waals surface area contributed by atoms with Gasteiger partial charge in [0.25, 0.3) is 0 Å². The summed E-state index contributed by atoms with van der Waals surface area (Å²) < 4.78 is 12.3. The van der Waals surface area contributed by atoms with Crippen molar-refractivity contribution in [3.63, 3.8) is 0 Å². The SMILES string of the molecule is Cc1cncc2c(-c3ccc4oc5ccccc5c4c3)cc3cc4oc5ccccc5c4cc3c12. The Balaban J connectivity index is 1.50. The molecule has 0 bridgehead atoms. The van der Waals surface area contributed by atoms with E-state index in [9.17, 15) is 0 Å². The van der Waals surface area contributed by atoms with E-state index in [-0.39, 0.29) is 0 Å². The maximum absolute atomic E-state index is 6.22. The second kappa shape index (κ2) is 6.71. The molecule has 0 aliphatic heterocycles. The van der Waals surface area contributed by atoms with Crippen molar-refractivity contribution in [1.82, 2.24) is 4.98 Å². The molecule has 35 heavy (non-hydrogen) atoms. The van der Waals surface area contributed by atoms with Crippen molar-refractivity contribution in [3.05, 3.63) is 103 Å².